The number of nitrogens with one attached hydrogen (secondary N) is 2. The van der Waals surface area contributed by atoms with Gasteiger partial charge in [0.15, 0.2) is 0 Å². The summed E-state index contributed by atoms with van der Waals surface area (Å²) in [7, 11) is 0. The van der Waals surface area contributed by atoms with E-state index in [9.17, 15) is 9.18 Å². The highest BCUT2D eigenvalue weighted by Crippen LogP contribution is 2.24. The number of carbonyl (C=O) groups is 1. The molecule has 1 amide bonds. The second kappa shape index (κ2) is 6.16. The summed E-state index contributed by atoms with van der Waals surface area (Å²) < 4.78 is 13.4. The standard InChI is InChI=1S/C13H16ClFN2O/c14-10-6-3-7-11(15)13(10)17-12(18)8-16-9-4-1-2-5-9/h3,6-7,9,16H,1-2,4-5,8H2,(H,17,18). The van der Waals surface area contributed by atoms with Gasteiger partial charge in [-0.3, -0.25) is 4.79 Å². The molecule has 3 nitrogen and oxygen atoms in total. The van der Waals surface area contributed by atoms with Gasteiger partial charge in [0.1, 0.15) is 5.82 Å². The maximum atomic E-state index is 13.4. The van der Waals surface area contributed by atoms with E-state index in [0.717, 1.165) is 12.8 Å². The van der Waals surface area contributed by atoms with Crippen molar-refractivity contribution in [3.05, 3.63) is 29.0 Å². The Bertz CT molecular complexity index is 413. The summed E-state index contributed by atoms with van der Waals surface area (Å²) in [6.45, 7) is 0.190. The zero-order chi connectivity index (χ0) is 13.0. The smallest absolute Gasteiger partial charge is 0.238 e. The van der Waals surface area contributed by atoms with E-state index in [1.54, 1.807) is 6.07 Å². The second-order valence-corrected chi connectivity index (χ2v) is 4.91. The molecule has 0 unspecified atom stereocenters. The molecule has 5 heteroatoms. The highest BCUT2D eigenvalue weighted by Gasteiger charge is 2.16. The van der Waals surface area contributed by atoms with Gasteiger partial charge in [0.05, 0.1) is 17.3 Å². The lowest BCUT2D eigenvalue weighted by Crippen LogP contribution is -2.34. The molecule has 1 aromatic carbocycles. The van der Waals surface area contributed by atoms with E-state index in [1.165, 1.54) is 25.0 Å². The average Bonchev–Trinajstić information content (AvgIpc) is 2.84. The molecule has 1 fully saturated rings. The van der Waals surface area contributed by atoms with Crippen LogP contribution in [0.3, 0.4) is 0 Å². The molecule has 1 aromatic rings. The van der Waals surface area contributed by atoms with Crippen LogP contribution in [0.2, 0.25) is 5.02 Å². The summed E-state index contributed by atoms with van der Waals surface area (Å²) in [5.74, 6) is -0.786. The van der Waals surface area contributed by atoms with Crippen molar-refractivity contribution in [2.75, 3.05) is 11.9 Å². The highest BCUT2D eigenvalue weighted by molar-refractivity contribution is 6.33. The molecule has 1 aliphatic carbocycles. The van der Waals surface area contributed by atoms with Crippen LogP contribution in [0.25, 0.3) is 0 Å². The third kappa shape index (κ3) is 3.43. The second-order valence-electron chi connectivity index (χ2n) is 4.51. The Morgan fingerprint density at radius 2 is 2.11 bits per heavy atom. The number of anilines is 1. The number of hydrogen-bond acceptors (Lipinski definition) is 2. The largest absolute Gasteiger partial charge is 0.321 e. The van der Waals surface area contributed by atoms with E-state index in [1.807, 2.05) is 0 Å². The molecule has 2 N–H and O–H groups in total. The zero-order valence-corrected chi connectivity index (χ0v) is 10.8. The first-order valence-corrected chi connectivity index (χ1v) is 6.52. The van der Waals surface area contributed by atoms with Crippen molar-refractivity contribution in [2.24, 2.45) is 0 Å². The molecule has 1 aliphatic rings. The van der Waals surface area contributed by atoms with Crippen LogP contribution in [0.15, 0.2) is 18.2 Å². The molecular formula is C13H16ClFN2O. The van der Waals surface area contributed by atoms with Gasteiger partial charge in [-0.1, -0.05) is 30.5 Å². The van der Waals surface area contributed by atoms with Crippen LogP contribution in [0, 0.1) is 5.82 Å². The van der Waals surface area contributed by atoms with E-state index in [0.29, 0.717) is 6.04 Å². The Balaban J connectivity index is 1.86. The van der Waals surface area contributed by atoms with Crippen molar-refractivity contribution in [2.45, 2.75) is 31.7 Å². The maximum Gasteiger partial charge on any atom is 0.238 e. The van der Waals surface area contributed by atoms with Gasteiger partial charge in [-0.2, -0.15) is 0 Å². The van der Waals surface area contributed by atoms with Gasteiger partial charge in [-0.05, 0) is 25.0 Å². The Kier molecular flexibility index (Phi) is 4.55. The lowest BCUT2D eigenvalue weighted by Gasteiger charge is -2.12. The minimum atomic E-state index is -0.517. The topological polar surface area (TPSA) is 41.1 Å². The van der Waals surface area contributed by atoms with Gasteiger partial charge in [0.25, 0.3) is 0 Å². The molecule has 0 radical (unpaired) electrons. The maximum absolute atomic E-state index is 13.4. The fourth-order valence-corrected chi connectivity index (χ4v) is 2.38. The fourth-order valence-electron chi connectivity index (χ4n) is 2.17. The third-order valence-electron chi connectivity index (χ3n) is 3.13. The van der Waals surface area contributed by atoms with Crippen LogP contribution in [0.1, 0.15) is 25.7 Å². The number of hydrogen-bond donors (Lipinski definition) is 2. The van der Waals surface area contributed by atoms with Crippen LogP contribution < -0.4 is 10.6 Å². The van der Waals surface area contributed by atoms with Crippen molar-refractivity contribution < 1.29 is 9.18 Å². The van der Waals surface area contributed by atoms with Crippen LogP contribution in [-0.4, -0.2) is 18.5 Å². The highest BCUT2D eigenvalue weighted by atomic mass is 35.5. The predicted octanol–water partition coefficient (Wildman–Crippen LogP) is 2.95. The number of rotatable bonds is 4. The van der Waals surface area contributed by atoms with E-state index in [-0.39, 0.29) is 23.2 Å². The Labute approximate surface area is 111 Å². The van der Waals surface area contributed by atoms with E-state index in [4.69, 9.17) is 11.6 Å². The Hall–Kier alpha value is -1.13. The first-order valence-electron chi connectivity index (χ1n) is 6.14. The minimum absolute atomic E-state index is 0.0531. The van der Waals surface area contributed by atoms with E-state index < -0.39 is 5.82 Å². The van der Waals surface area contributed by atoms with Crippen molar-refractivity contribution >= 4 is 23.2 Å². The predicted molar refractivity (Wildman–Crippen MR) is 70.3 cm³/mol. The van der Waals surface area contributed by atoms with Crippen LogP contribution in [0.5, 0.6) is 0 Å². The molecule has 0 bridgehead atoms. The fraction of sp³-hybridized carbons (Fsp3) is 0.462. The van der Waals surface area contributed by atoms with Crippen LogP contribution in [0.4, 0.5) is 10.1 Å². The zero-order valence-electron chi connectivity index (χ0n) is 10.0. The quantitative estimate of drug-likeness (QED) is 0.883. The van der Waals surface area contributed by atoms with Crippen molar-refractivity contribution in [3.63, 3.8) is 0 Å². The van der Waals surface area contributed by atoms with Crippen LogP contribution >= 0.6 is 11.6 Å². The summed E-state index contributed by atoms with van der Waals surface area (Å²) >= 11 is 5.83. The molecule has 0 saturated heterocycles. The SMILES string of the molecule is O=C(CNC1CCCC1)Nc1c(F)cccc1Cl. The molecule has 98 valence electrons. The van der Waals surface area contributed by atoms with Gasteiger partial charge in [-0.25, -0.2) is 4.39 Å². The van der Waals surface area contributed by atoms with Crippen molar-refractivity contribution in [1.82, 2.24) is 5.32 Å². The van der Waals surface area contributed by atoms with Gasteiger partial charge < -0.3 is 10.6 Å². The number of benzene rings is 1. The summed E-state index contributed by atoms with van der Waals surface area (Å²) in [5, 5.41) is 5.87. The lowest BCUT2D eigenvalue weighted by molar-refractivity contribution is -0.115. The summed E-state index contributed by atoms with van der Waals surface area (Å²) in [5.41, 5.74) is 0.0531. The number of carbonyl (C=O) groups excluding carboxylic acids is 1. The van der Waals surface area contributed by atoms with E-state index in [2.05, 4.69) is 10.6 Å². The monoisotopic (exact) mass is 270 g/mol. The summed E-state index contributed by atoms with van der Waals surface area (Å²) in [6.07, 6.45) is 4.62. The molecule has 0 aliphatic heterocycles. The van der Waals surface area contributed by atoms with Gasteiger partial charge in [-0.15, -0.1) is 0 Å². The molecule has 0 aromatic heterocycles. The molecule has 2 rings (SSSR count). The number of halogens is 2. The molecule has 1 saturated carbocycles. The first kappa shape index (κ1) is 13.3. The molecule has 0 spiro atoms. The summed E-state index contributed by atoms with van der Waals surface area (Å²) in [4.78, 5) is 11.7. The minimum Gasteiger partial charge on any atom is -0.321 e. The van der Waals surface area contributed by atoms with Crippen molar-refractivity contribution in [3.8, 4) is 0 Å². The average molecular weight is 271 g/mol. The molecule has 0 heterocycles. The molecule has 0 atom stereocenters. The normalized spacial score (nSPS) is 15.9. The van der Waals surface area contributed by atoms with Crippen LogP contribution in [-0.2, 0) is 4.79 Å². The first-order chi connectivity index (χ1) is 8.66. The summed E-state index contributed by atoms with van der Waals surface area (Å²) in [6, 6.07) is 4.73. The number of amides is 1. The Morgan fingerprint density at radius 3 is 2.78 bits per heavy atom. The van der Waals surface area contributed by atoms with E-state index >= 15 is 0 Å². The third-order valence-corrected chi connectivity index (χ3v) is 3.45. The van der Waals surface area contributed by atoms with Gasteiger partial charge >= 0.3 is 0 Å². The van der Waals surface area contributed by atoms with Gasteiger partial charge in [0, 0.05) is 6.04 Å². The lowest BCUT2D eigenvalue weighted by atomic mass is 10.2. The molecular weight excluding hydrogens is 255 g/mol. The number of para-hydroxylation sites is 1. The van der Waals surface area contributed by atoms with Crippen molar-refractivity contribution in [1.29, 1.82) is 0 Å². The molecule has 18 heavy (non-hydrogen) atoms. The van der Waals surface area contributed by atoms with Gasteiger partial charge in [0.2, 0.25) is 5.91 Å². The Morgan fingerprint density at radius 1 is 1.39 bits per heavy atom.